The van der Waals surface area contributed by atoms with Gasteiger partial charge in [-0.1, -0.05) is 59.1 Å². The number of nitrogens with one attached hydrogen (secondary N) is 1. The SMILES string of the molecule is O=S(=O)(Nc1cc(C(F)(F)F)ccc1Cn1nnc(-c2ccccc2Cl)n1)c1cccc(Cl)c1Cl. The molecule has 0 aliphatic carbocycles. The van der Waals surface area contributed by atoms with E-state index < -0.39 is 26.7 Å². The molecule has 3 aromatic carbocycles. The van der Waals surface area contributed by atoms with Gasteiger partial charge >= 0.3 is 6.18 Å². The first-order valence-electron chi connectivity index (χ1n) is 9.65. The average Bonchev–Trinajstić information content (AvgIpc) is 3.24. The van der Waals surface area contributed by atoms with Gasteiger partial charge in [-0.15, -0.1) is 10.2 Å². The van der Waals surface area contributed by atoms with E-state index in [9.17, 15) is 21.6 Å². The lowest BCUT2D eigenvalue weighted by molar-refractivity contribution is -0.137. The minimum atomic E-state index is -4.71. The molecular weight excluding hydrogens is 550 g/mol. The van der Waals surface area contributed by atoms with Gasteiger partial charge < -0.3 is 0 Å². The second-order valence-electron chi connectivity index (χ2n) is 7.15. The van der Waals surface area contributed by atoms with E-state index in [1.54, 1.807) is 24.3 Å². The lowest BCUT2D eigenvalue weighted by atomic mass is 10.1. The quantitative estimate of drug-likeness (QED) is 0.304. The summed E-state index contributed by atoms with van der Waals surface area (Å²) in [6.45, 7) is -0.198. The van der Waals surface area contributed by atoms with Gasteiger partial charge in [0, 0.05) is 5.56 Å². The highest BCUT2D eigenvalue weighted by molar-refractivity contribution is 7.92. The predicted octanol–water partition coefficient (Wildman–Crippen LogP) is 6.17. The van der Waals surface area contributed by atoms with Crippen molar-refractivity contribution in [2.45, 2.75) is 17.6 Å². The Hall–Kier alpha value is -2.86. The molecule has 0 atom stereocenters. The fraction of sp³-hybridized carbons (Fsp3) is 0.0952. The fourth-order valence-electron chi connectivity index (χ4n) is 3.09. The van der Waals surface area contributed by atoms with E-state index in [1.165, 1.54) is 18.2 Å². The highest BCUT2D eigenvalue weighted by Gasteiger charge is 2.32. The zero-order valence-electron chi connectivity index (χ0n) is 17.3. The van der Waals surface area contributed by atoms with Gasteiger partial charge in [-0.3, -0.25) is 4.72 Å². The lowest BCUT2D eigenvalue weighted by Gasteiger charge is -2.16. The van der Waals surface area contributed by atoms with Crippen molar-refractivity contribution in [3.05, 3.63) is 86.9 Å². The molecule has 0 saturated heterocycles. The molecule has 0 spiro atoms. The molecule has 0 radical (unpaired) electrons. The number of hydrogen-bond acceptors (Lipinski definition) is 5. The van der Waals surface area contributed by atoms with E-state index in [0.717, 1.165) is 16.9 Å². The number of aromatic nitrogens is 4. The Bertz CT molecular complexity index is 1510. The molecule has 35 heavy (non-hydrogen) atoms. The van der Waals surface area contributed by atoms with Crippen molar-refractivity contribution in [3.8, 4) is 11.4 Å². The summed E-state index contributed by atoms with van der Waals surface area (Å²) in [6, 6.07) is 13.3. The van der Waals surface area contributed by atoms with Gasteiger partial charge in [0.05, 0.1) is 32.9 Å². The molecule has 1 heterocycles. The van der Waals surface area contributed by atoms with Crippen molar-refractivity contribution in [2.75, 3.05) is 4.72 Å². The number of sulfonamides is 1. The number of alkyl halides is 3. The van der Waals surface area contributed by atoms with E-state index in [-0.39, 0.29) is 33.7 Å². The highest BCUT2D eigenvalue weighted by Crippen LogP contribution is 2.35. The summed E-state index contributed by atoms with van der Waals surface area (Å²) in [6.07, 6.45) is -4.71. The van der Waals surface area contributed by atoms with E-state index in [1.807, 2.05) is 0 Å². The molecule has 4 rings (SSSR count). The Kier molecular flexibility index (Phi) is 6.96. The zero-order valence-corrected chi connectivity index (χ0v) is 20.3. The summed E-state index contributed by atoms with van der Waals surface area (Å²) in [4.78, 5) is 0.709. The molecule has 0 bridgehead atoms. The Morgan fingerprint density at radius 1 is 0.943 bits per heavy atom. The molecule has 4 aromatic rings. The number of nitrogens with zero attached hydrogens (tertiary/aromatic N) is 4. The van der Waals surface area contributed by atoms with Crippen LogP contribution in [-0.2, 0) is 22.7 Å². The van der Waals surface area contributed by atoms with E-state index >= 15 is 0 Å². The molecule has 0 amide bonds. The number of hydrogen-bond donors (Lipinski definition) is 1. The van der Waals surface area contributed by atoms with Gasteiger partial charge in [-0.25, -0.2) is 8.42 Å². The first kappa shape index (κ1) is 25.2. The lowest BCUT2D eigenvalue weighted by Crippen LogP contribution is -2.17. The molecule has 0 unspecified atom stereocenters. The number of anilines is 1. The third kappa shape index (κ3) is 5.53. The van der Waals surface area contributed by atoms with Gasteiger partial charge in [-0.05, 0) is 47.2 Å². The van der Waals surface area contributed by atoms with Gasteiger partial charge in [-0.2, -0.15) is 18.0 Å². The van der Waals surface area contributed by atoms with Crippen molar-refractivity contribution in [2.24, 2.45) is 0 Å². The molecule has 0 saturated carbocycles. The first-order chi connectivity index (χ1) is 16.5. The molecule has 0 aliphatic heterocycles. The molecule has 7 nitrogen and oxygen atoms in total. The number of halogens is 6. The van der Waals surface area contributed by atoms with Crippen molar-refractivity contribution < 1.29 is 21.6 Å². The Labute approximate surface area is 212 Å². The summed E-state index contributed by atoms with van der Waals surface area (Å²) in [5, 5.41) is 12.1. The minimum Gasteiger partial charge on any atom is -0.279 e. The van der Waals surface area contributed by atoms with Crippen LogP contribution >= 0.6 is 34.8 Å². The molecule has 1 aromatic heterocycles. The normalized spacial score (nSPS) is 12.1. The largest absolute Gasteiger partial charge is 0.416 e. The van der Waals surface area contributed by atoms with Crippen LogP contribution in [0.1, 0.15) is 11.1 Å². The Balaban J connectivity index is 1.72. The van der Waals surface area contributed by atoms with Crippen molar-refractivity contribution in [1.29, 1.82) is 0 Å². The van der Waals surface area contributed by atoms with Crippen LogP contribution in [-0.4, -0.2) is 28.6 Å². The molecule has 0 fully saturated rings. The summed E-state index contributed by atoms with van der Waals surface area (Å²) in [5.41, 5.74) is -0.751. The summed E-state index contributed by atoms with van der Waals surface area (Å²) >= 11 is 18.1. The second-order valence-corrected chi connectivity index (χ2v) is 9.99. The predicted molar refractivity (Wildman–Crippen MR) is 126 cm³/mol. The molecule has 1 N–H and O–H groups in total. The van der Waals surface area contributed by atoms with Crippen LogP contribution < -0.4 is 4.72 Å². The fourth-order valence-corrected chi connectivity index (χ4v) is 5.16. The van der Waals surface area contributed by atoms with Crippen molar-refractivity contribution in [3.63, 3.8) is 0 Å². The van der Waals surface area contributed by atoms with Crippen LogP contribution in [0.25, 0.3) is 11.4 Å². The Morgan fingerprint density at radius 2 is 1.66 bits per heavy atom. The average molecular weight is 563 g/mol. The van der Waals surface area contributed by atoms with Crippen molar-refractivity contribution >= 4 is 50.5 Å². The van der Waals surface area contributed by atoms with Crippen LogP contribution in [0.4, 0.5) is 18.9 Å². The maximum absolute atomic E-state index is 13.4. The van der Waals surface area contributed by atoms with Gasteiger partial charge in [0.15, 0.2) is 0 Å². The van der Waals surface area contributed by atoms with E-state index in [2.05, 4.69) is 20.1 Å². The Morgan fingerprint density at radius 3 is 2.37 bits per heavy atom. The monoisotopic (exact) mass is 561 g/mol. The van der Waals surface area contributed by atoms with E-state index in [4.69, 9.17) is 34.8 Å². The van der Waals surface area contributed by atoms with Crippen LogP contribution in [0, 0.1) is 0 Å². The first-order valence-corrected chi connectivity index (χ1v) is 12.3. The number of rotatable bonds is 6. The summed E-state index contributed by atoms with van der Waals surface area (Å²) in [7, 11) is -4.40. The summed E-state index contributed by atoms with van der Waals surface area (Å²) in [5.74, 6) is 0.190. The minimum absolute atomic E-state index is 0.0299. The summed E-state index contributed by atoms with van der Waals surface area (Å²) < 4.78 is 68.2. The molecule has 14 heteroatoms. The van der Waals surface area contributed by atoms with Crippen molar-refractivity contribution in [1.82, 2.24) is 20.2 Å². The third-order valence-electron chi connectivity index (χ3n) is 4.77. The number of tetrazole rings is 1. The highest BCUT2D eigenvalue weighted by atomic mass is 35.5. The smallest absolute Gasteiger partial charge is 0.279 e. The topological polar surface area (TPSA) is 89.8 Å². The van der Waals surface area contributed by atoms with Crippen LogP contribution in [0.2, 0.25) is 15.1 Å². The maximum Gasteiger partial charge on any atom is 0.416 e. The molecule has 0 aliphatic rings. The van der Waals surface area contributed by atoms with Gasteiger partial charge in [0.2, 0.25) is 5.82 Å². The van der Waals surface area contributed by atoms with Crippen LogP contribution in [0.5, 0.6) is 0 Å². The second kappa shape index (κ2) is 9.65. The zero-order chi connectivity index (χ0) is 25.4. The molecule has 182 valence electrons. The van der Waals surface area contributed by atoms with Gasteiger partial charge in [0.1, 0.15) is 4.90 Å². The van der Waals surface area contributed by atoms with E-state index in [0.29, 0.717) is 16.7 Å². The number of benzene rings is 3. The third-order valence-corrected chi connectivity index (χ3v) is 7.43. The van der Waals surface area contributed by atoms with Crippen LogP contribution in [0.3, 0.4) is 0 Å². The molecular formula is C21H13Cl3F3N5O2S. The van der Waals surface area contributed by atoms with Crippen LogP contribution in [0.15, 0.2) is 65.6 Å². The maximum atomic E-state index is 13.4. The standard InChI is InChI=1S/C21H13Cl3F3N5O2S/c22-15-5-2-1-4-14(15)20-28-31-32(29-20)11-12-8-9-13(21(25,26)27)10-17(12)30-35(33,34)18-7-3-6-16(23)19(18)24/h1-10,30H,11H2. The van der Waals surface area contributed by atoms with Gasteiger partial charge in [0.25, 0.3) is 10.0 Å².